The number of amides is 1. The third-order valence-electron chi connectivity index (χ3n) is 3.70. The lowest BCUT2D eigenvalue weighted by Crippen LogP contribution is -2.32. The number of ketones is 1. The van der Waals surface area contributed by atoms with Crippen LogP contribution in [0.5, 0.6) is 5.75 Å². The van der Waals surface area contributed by atoms with Crippen LogP contribution in [0.25, 0.3) is 0 Å². The summed E-state index contributed by atoms with van der Waals surface area (Å²) in [5, 5.41) is 0. The molecule has 1 N–H and O–H groups in total. The molecule has 1 amide bonds. The highest BCUT2D eigenvalue weighted by Crippen LogP contribution is 2.19. The second kappa shape index (κ2) is 12.1. The number of carbonyl (C=O) groups is 3. The van der Waals surface area contributed by atoms with Crippen LogP contribution >= 0.6 is 0 Å². The number of hydroxylamine groups is 1. The Morgan fingerprint density at radius 3 is 2.14 bits per heavy atom. The molecule has 0 spiro atoms. The second-order valence-corrected chi connectivity index (χ2v) is 7.51. The Morgan fingerprint density at radius 2 is 1.55 bits per heavy atom. The van der Waals surface area contributed by atoms with Gasteiger partial charge in [0.2, 0.25) is 0 Å². The molecule has 29 heavy (non-hydrogen) atoms. The number of hydrogen-bond acceptors (Lipinski definition) is 7. The molecular formula is C21H31NO7. The van der Waals surface area contributed by atoms with Crippen LogP contribution in [-0.2, 0) is 14.3 Å². The highest BCUT2D eigenvalue weighted by molar-refractivity contribution is 5.98. The van der Waals surface area contributed by atoms with Gasteiger partial charge >= 0.3 is 12.1 Å². The topological polar surface area (TPSA) is 100 Å². The van der Waals surface area contributed by atoms with Gasteiger partial charge in [-0.1, -0.05) is 6.42 Å². The Kier molecular flexibility index (Phi) is 10.2. The SMILES string of the molecule is COC(=O)c1cc(OCCCCCCONC(=O)OC(C)(C)C)cc(C(C)=O)c1. The minimum Gasteiger partial charge on any atom is -0.494 e. The maximum absolute atomic E-state index is 11.7. The Bertz CT molecular complexity index is 695. The van der Waals surface area contributed by atoms with Gasteiger partial charge < -0.3 is 14.2 Å². The first-order valence-corrected chi connectivity index (χ1v) is 9.60. The van der Waals surface area contributed by atoms with E-state index in [9.17, 15) is 14.4 Å². The molecular weight excluding hydrogens is 378 g/mol. The summed E-state index contributed by atoms with van der Waals surface area (Å²) in [7, 11) is 1.29. The van der Waals surface area contributed by atoms with Crippen LogP contribution in [0.2, 0.25) is 0 Å². The summed E-state index contributed by atoms with van der Waals surface area (Å²) in [5.74, 6) is -0.207. The predicted molar refractivity (Wildman–Crippen MR) is 107 cm³/mol. The number of nitrogens with one attached hydrogen (secondary N) is 1. The summed E-state index contributed by atoms with van der Waals surface area (Å²) < 4.78 is 15.4. The van der Waals surface area contributed by atoms with Crippen LogP contribution in [0, 0.1) is 0 Å². The number of methoxy groups -OCH3 is 1. The van der Waals surface area contributed by atoms with Gasteiger partial charge in [0.1, 0.15) is 11.4 Å². The van der Waals surface area contributed by atoms with Gasteiger partial charge in [-0.3, -0.25) is 9.63 Å². The van der Waals surface area contributed by atoms with Crippen LogP contribution < -0.4 is 10.2 Å². The fourth-order valence-corrected chi connectivity index (χ4v) is 2.35. The van der Waals surface area contributed by atoms with Gasteiger partial charge in [0.05, 0.1) is 25.9 Å². The third-order valence-corrected chi connectivity index (χ3v) is 3.70. The number of ether oxygens (including phenoxy) is 3. The number of benzene rings is 1. The minimum absolute atomic E-state index is 0.152. The van der Waals surface area contributed by atoms with Gasteiger partial charge in [-0.2, -0.15) is 5.48 Å². The lowest BCUT2D eigenvalue weighted by molar-refractivity contribution is -0.00863. The molecule has 0 saturated carbocycles. The largest absolute Gasteiger partial charge is 0.494 e. The maximum Gasteiger partial charge on any atom is 0.431 e. The molecule has 0 saturated heterocycles. The van der Waals surface area contributed by atoms with E-state index in [1.807, 2.05) is 0 Å². The average Bonchev–Trinajstić information content (AvgIpc) is 2.64. The zero-order chi connectivity index (χ0) is 21.9. The van der Waals surface area contributed by atoms with Crippen LogP contribution in [0.1, 0.15) is 74.1 Å². The van der Waals surface area contributed by atoms with Crippen molar-refractivity contribution in [1.29, 1.82) is 0 Å². The number of esters is 1. The second-order valence-electron chi connectivity index (χ2n) is 7.51. The van der Waals surface area contributed by atoms with Crippen molar-refractivity contribution in [2.45, 2.75) is 59.0 Å². The van der Waals surface area contributed by atoms with E-state index < -0.39 is 17.7 Å². The fraction of sp³-hybridized carbons (Fsp3) is 0.571. The van der Waals surface area contributed by atoms with Gasteiger partial charge in [-0.15, -0.1) is 0 Å². The first-order chi connectivity index (χ1) is 13.6. The highest BCUT2D eigenvalue weighted by atomic mass is 16.7. The average molecular weight is 409 g/mol. The first-order valence-electron chi connectivity index (χ1n) is 9.60. The van der Waals surface area contributed by atoms with E-state index in [0.29, 0.717) is 24.5 Å². The lowest BCUT2D eigenvalue weighted by atomic mass is 10.1. The van der Waals surface area contributed by atoms with E-state index in [2.05, 4.69) is 5.48 Å². The summed E-state index contributed by atoms with van der Waals surface area (Å²) in [6, 6.07) is 4.67. The van der Waals surface area contributed by atoms with E-state index in [4.69, 9.17) is 19.0 Å². The van der Waals surface area contributed by atoms with Gasteiger partial charge in [0.25, 0.3) is 0 Å². The van der Waals surface area contributed by atoms with Crippen molar-refractivity contribution in [3.05, 3.63) is 29.3 Å². The Hall–Kier alpha value is -2.61. The van der Waals surface area contributed by atoms with Crippen LogP contribution in [0.3, 0.4) is 0 Å². The van der Waals surface area contributed by atoms with Crippen LogP contribution in [-0.4, -0.2) is 43.8 Å². The molecule has 1 aromatic rings. The van der Waals surface area contributed by atoms with Gasteiger partial charge in [-0.25, -0.2) is 9.59 Å². The first kappa shape index (κ1) is 24.4. The van der Waals surface area contributed by atoms with Gasteiger partial charge in [0, 0.05) is 5.56 Å². The van der Waals surface area contributed by atoms with Crippen molar-refractivity contribution in [1.82, 2.24) is 5.48 Å². The van der Waals surface area contributed by atoms with Crippen molar-refractivity contribution < 1.29 is 33.4 Å². The maximum atomic E-state index is 11.7. The Morgan fingerprint density at radius 1 is 0.931 bits per heavy atom. The van der Waals surface area contributed by atoms with Crippen molar-refractivity contribution in [3.8, 4) is 5.75 Å². The fourth-order valence-electron chi connectivity index (χ4n) is 2.35. The molecule has 0 aliphatic rings. The molecule has 1 aromatic carbocycles. The van der Waals surface area contributed by atoms with E-state index in [-0.39, 0.29) is 11.3 Å². The molecule has 0 heterocycles. The number of Topliss-reactive ketones (excluding diaryl/α,β-unsaturated/α-hetero) is 1. The van der Waals surface area contributed by atoms with Crippen molar-refractivity contribution >= 4 is 17.8 Å². The van der Waals surface area contributed by atoms with E-state index in [0.717, 1.165) is 25.7 Å². The zero-order valence-corrected chi connectivity index (χ0v) is 17.8. The van der Waals surface area contributed by atoms with Gasteiger partial charge in [0.15, 0.2) is 5.78 Å². The molecule has 162 valence electrons. The summed E-state index contributed by atoms with van der Waals surface area (Å²) in [6.07, 6.45) is 2.79. The summed E-state index contributed by atoms with van der Waals surface area (Å²) in [5.41, 5.74) is 2.37. The molecule has 0 unspecified atom stereocenters. The van der Waals surface area contributed by atoms with Crippen LogP contribution in [0.4, 0.5) is 4.79 Å². The molecule has 0 fully saturated rings. The summed E-state index contributed by atoms with van der Waals surface area (Å²) in [6.45, 7) is 7.62. The van der Waals surface area contributed by atoms with Gasteiger partial charge in [-0.05, 0) is 65.2 Å². The molecule has 0 aliphatic heterocycles. The predicted octanol–water partition coefficient (Wildman–Crippen LogP) is 4.07. The molecule has 8 nitrogen and oxygen atoms in total. The lowest BCUT2D eigenvalue weighted by Gasteiger charge is -2.19. The van der Waals surface area contributed by atoms with Crippen molar-refractivity contribution in [2.75, 3.05) is 20.3 Å². The molecule has 0 aromatic heterocycles. The zero-order valence-electron chi connectivity index (χ0n) is 17.8. The number of unbranched alkanes of at least 4 members (excludes halogenated alkanes) is 3. The highest BCUT2D eigenvalue weighted by Gasteiger charge is 2.16. The monoisotopic (exact) mass is 409 g/mol. The summed E-state index contributed by atoms with van der Waals surface area (Å²) in [4.78, 5) is 39.8. The standard InChI is InChI=1S/C21H31NO7/c1-15(23)16-12-17(19(24)26-5)14-18(13-16)27-10-8-6-7-9-11-28-22-20(25)29-21(2,3)4/h12-14H,6-11H2,1-5H3,(H,22,25). The van der Waals surface area contributed by atoms with E-state index in [1.54, 1.807) is 32.9 Å². The Labute approximate surface area is 171 Å². The van der Waals surface area contributed by atoms with Crippen molar-refractivity contribution in [2.24, 2.45) is 0 Å². The normalized spacial score (nSPS) is 10.9. The van der Waals surface area contributed by atoms with Crippen LogP contribution in [0.15, 0.2) is 18.2 Å². The number of hydrogen-bond donors (Lipinski definition) is 1. The number of carbonyl (C=O) groups excluding carboxylic acids is 3. The minimum atomic E-state index is -0.606. The van der Waals surface area contributed by atoms with E-state index in [1.165, 1.54) is 20.1 Å². The summed E-state index contributed by atoms with van der Waals surface area (Å²) >= 11 is 0. The quantitative estimate of drug-likeness (QED) is 0.254. The number of rotatable bonds is 11. The molecule has 1 rings (SSSR count). The molecule has 8 heteroatoms. The van der Waals surface area contributed by atoms with E-state index >= 15 is 0 Å². The molecule has 0 atom stereocenters. The smallest absolute Gasteiger partial charge is 0.431 e. The Balaban J connectivity index is 2.25. The third kappa shape index (κ3) is 10.5. The molecule has 0 aliphatic carbocycles. The molecule has 0 bridgehead atoms. The molecule has 0 radical (unpaired) electrons. The van der Waals surface area contributed by atoms with Crippen molar-refractivity contribution in [3.63, 3.8) is 0 Å².